The van der Waals surface area contributed by atoms with E-state index < -0.39 is 22.0 Å². The Morgan fingerprint density at radius 2 is 1.75 bits per heavy atom. The zero-order valence-corrected chi connectivity index (χ0v) is 15.5. The van der Waals surface area contributed by atoms with Gasteiger partial charge in [0.15, 0.2) is 0 Å². The zero-order valence-electron chi connectivity index (χ0n) is 14.7. The van der Waals surface area contributed by atoms with Gasteiger partial charge >= 0.3 is 5.97 Å². The highest BCUT2D eigenvalue weighted by Gasteiger charge is 2.32. The summed E-state index contributed by atoms with van der Waals surface area (Å²) >= 11 is 0. The Bertz CT molecular complexity index is 513. The van der Waals surface area contributed by atoms with Gasteiger partial charge in [-0.05, 0) is 25.7 Å². The van der Waals surface area contributed by atoms with E-state index in [1.165, 1.54) is 4.31 Å². The van der Waals surface area contributed by atoms with Crippen LogP contribution in [0.2, 0.25) is 0 Å². The summed E-state index contributed by atoms with van der Waals surface area (Å²) in [5.74, 6) is -1.45. The fourth-order valence-corrected chi connectivity index (χ4v) is 4.49. The smallest absolute Gasteiger partial charge is 0.326 e. The van der Waals surface area contributed by atoms with Crippen LogP contribution in [0.3, 0.4) is 0 Å². The summed E-state index contributed by atoms with van der Waals surface area (Å²) in [6, 6.07) is -0.858. The predicted octanol–water partition coefficient (Wildman–Crippen LogP) is 1.59. The molecule has 1 rings (SSSR count). The summed E-state index contributed by atoms with van der Waals surface area (Å²) in [4.78, 5) is 23.5. The minimum Gasteiger partial charge on any atom is -0.480 e. The van der Waals surface area contributed by atoms with Gasteiger partial charge in [0.1, 0.15) is 6.04 Å². The van der Waals surface area contributed by atoms with Crippen molar-refractivity contribution in [3.63, 3.8) is 0 Å². The van der Waals surface area contributed by atoms with Gasteiger partial charge in [0.2, 0.25) is 15.9 Å². The van der Waals surface area contributed by atoms with E-state index in [2.05, 4.69) is 5.32 Å². The van der Waals surface area contributed by atoms with Crippen molar-refractivity contribution in [1.29, 1.82) is 0 Å². The van der Waals surface area contributed by atoms with Crippen LogP contribution in [0.5, 0.6) is 0 Å². The molecule has 0 aromatic heterocycles. The summed E-state index contributed by atoms with van der Waals surface area (Å²) in [5, 5.41) is 11.8. The van der Waals surface area contributed by atoms with E-state index in [4.69, 9.17) is 0 Å². The molecule has 1 fully saturated rings. The number of carboxylic acid groups (broad SMARTS) is 1. The highest BCUT2D eigenvalue weighted by molar-refractivity contribution is 7.89. The number of carbonyl (C=O) groups excluding carboxylic acids is 1. The van der Waals surface area contributed by atoms with Gasteiger partial charge in [0, 0.05) is 19.0 Å². The molecule has 0 bridgehead atoms. The molecule has 1 aliphatic rings. The average molecular weight is 362 g/mol. The molecule has 0 radical (unpaired) electrons. The summed E-state index contributed by atoms with van der Waals surface area (Å²) in [5.41, 5.74) is 0. The third-order valence-corrected chi connectivity index (χ3v) is 6.39. The largest absolute Gasteiger partial charge is 0.480 e. The highest BCUT2D eigenvalue weighted by Crippen LogP contribution is 2.21. The number of amides is 1. The molecule has 2 N–H and O–H groups in total. The number of unbranched alkanes of at least 4 members (excludes halogenated alkanes) is 2. The lowest BCUT2D eigenvalue weighted by atomic mass is 9.96. The van der Waals surface area contributed by atoms with Crippen LogP contribution >= 0.6 is 0 Å². The summed E-state index contributed by atoms with van der Waals surface area (Å²) in [6.07, 6.45) is 4.38. The van der Waals surface area contributed by atoms with E-state index >= 15 is 0 Å². The Balaban J connectivity index is 2.51. The molecular weight excluding hydrogens is 332 g/mol. The van der Waals surface area contributed by atoms with Crippen LogP contribution in [-0.2, 0) is 19.6 Å². The Labute approximate surface area is 144 Å². The van der Waals surface area contributed by atoms with Crippen LogP contribution in [-0.4, -0.2) is 54.6 Å². The van der Waals surface area contributed by atoms with Crippen LogP contribution in [0.1, 0.15) is 58.8 Å². The second-order valence-corrected chi connectivity index (χ2v) is 8.47. The fraction of sp³-hybridized carbons (Fsp3) is 0.875. The molecule has 1 aliphatic heterocycles. The number of rotatable bonds is 10. The van der Waals surface area contributed by atoms with E-state index in [1.807, 2.05) is 13.8 Å². The number of piperidine rings is 1. The van der Waals surface area contributed by atoms with E-state index in [1.54, 1.807) is 0 Å². The van der Waals surface area contributed by atoms with Crippen LogP contribution in [0, 0.1) is 5.92 Å². The SMILES string of the molecule is CCCCC(NC(=O)C1CCN(S(=O)(=O)CCCC)CC1)C(=O)O. The van der Waals surface area contributed by atoms with Crippen LogP contribution in [0.4, 0.5) is 0 Å². The molecule has 7 nitrogen and oxygen atoms in total. The van der Waals surface area contributed by atoms with Crippen molar-refractivity contribution >= 4 is 21.9 Å². The van der Waals surface area contributed by atoms with Gasteiger partial charge in [-0.3, -0.25) is 4.79 Å². The molecular formula is C16H30N2O5S. The third-order valence-electron chi connectivity index (χ3n) is 4.43. The number of hydrogen-bond donors (Lipinski definition) is 2. The summed E-state index contributed by atoms with van der Waals surface area (Å²) in [6.45, 7) is 4.58. The molecule has 1 atom stereocenters. The first-order valence-corrected chi connectivity index (χ1v) is 10.4. The third kappa shape index (κ3) is 6.39. The highest BCUT2D eigenvalue weighted by atomic mass is 32.2. The number of aliphatic carboxylic acids is 1. The minimum absolute atomic E-state index is 0.151. The van der Waals surface area contributed by atoms with Crippen LogP contribution in [0.25, 0.3) is 0 Å². The van der Waals surface area contributed by atoms with Gasteiger partial charge < -0.3 is 10.4 Å². The Kier molecular flexibility index (Phi) is 8.69. The zero-order chi connectivity index (χ0) is 18.2. The van der Waals surface area contributed by atoms with Gasteiger partial charge in [0.05, 0.1) is 5.75 Å². The maximum absolute atomic E-state index is 12.3. The Morgan fingerprint density at radius 1 is 1.17 bits per heavy atom. The van der Waals surface area contributed by atoms with Crippen molar-refractivity contribution in [3.8, 4) is 0 Å². The maximum Gasteiger partial charge on any atom is 0.326 e. The number of nitrogens with one attached hydrogen (secondary N) is 1. The summed E-state index contributed by atoms with van der Waals surface area (Å²) < 4.78 is 25.8. The lowest BCUT2D eigenvalue weighted by Crippen LogP contribution is -2.47. The van der Waals surface area contributed by atoms with Crippen LogP contribution < -0.4 is 5.32 Å². The first-order valence-electron chi connectivity index (χ1n) is 8.82. The van der Waals surface area contributed by atoms with Gasteiger partial charge in [0.25, 0.3) is 0 Å². The molecule has 1 unspecified atom stereocenters. The second-order valence-electron chi connectivity index (χ2n) is 6.38. The summed E-state index contributed by atoms with van der Waals surface area (Å²) in [7, 11) is -3.24. The standard InChI is InChI=1S/C16H30N2O5S/c1-3-5-7-14(16(20)21)17-15(19)13-8-10-18(11-9-13)24(22,23)12-6-4-2/h13-14H,3-12H2,1-2H3,(H,17,19)(H,20,21). The second kappa shape index (κ2) is 9.98. The monoisotopic (exact) mass is 362 g/mol. The van der Waals surface area contributed by atoms with E-state index in [0.717, 1.165) is 19.3 Å². The Morgan fingerprint density at radius 3 is 2.25 bits per heavy atom. The molecule has 1 amide bonds. The van der Waals surface area contributed by atoms with Crippen molar-refractivity contribution in [2.45, 2.75) is 64.8 Å². The van der Waals surface area contributed by atoms with E-state index in [-0.39, 0.29) is 17.6 Å². The van der Waals surface area contributed by atoms with Crippen LogP contribution in [0.15, 0.2) is 0 Å². The molecule has 0 aromatic carbocycles. The normalized spacial score (nSPS) is 18.2. The molecule has 0 spiro atoms. The molecule has 1 saturated heterocycles. The first-order chi connectivity index (χ1) is 11.3. The van der Waals surface area contributed by atoms with E-state index in [9.17, 15) is 23.1 Å². The van der Waals surface area contributed by atoms with Gasteiger partial charge in [-0.15, -0.1) is 0 Å². The molecule has 8 heteroatoms. The van der Waals surface area contributed by atoms with Crippen molar-refractivity contribution < 1.29 is 23.1 Å². The number of sulfonamides is 1. The molecule has 0 saturated carbocycles. The quantitative estimate of drug-likeness (QED) is 0.614. The fourth-order valence-electron chi connectivity index (χ4n) is 2.81. The molecule has 140 valence electrons. The van der Waals surface area contributed by atoms with E-state index in [0.29, 0.717) is 38.8 Å². The molecule has 24 heavy (non-hydrogen) atoms. The van der Waals surface area contributed by atoms with Gasteiger partial charge in [-0.2, -0.15) is 0 Å². The molecule has 1 heterocycles. The molecule has 0 aromatic rings. The lowest BCUT2D eigenvalue weighted by molar-refractivity contribution is -0.142. The van der Waals surface area contributed by atoms with Gasteiger partial charge in [-0.1, -0.05) is 33.1 Å². The van der Waals surface area contributed by atoms with Crippen molar-refractivity contribution in [2.75, 3.05) is 18.8 Å². The van der Waals surface area contributed by atoms with Crippen molar-refractivity contribution in [3.05, 3.63) is 0 Å². The number of hydrogen-bond acceptors (Lipinski definition) is 4. The number of carboxylic acids is 1. The minimum atomic E-state index is -3.24. The topological polar surface area (TPSA) is 104 Å². The van der Waals surface area contributed by atoms with Crippen molar-refractivity contribution in [2.24, 2.45) is 5.92 Å². The average Bonchev–Trinajstić information content (AvgIpc) is 2.56. The number of nitrogens with zero attached hydrogens (tertiary/aromatic N) is 1. The van der Waals surface area contributed by atoms with Crippen molar-refractivity contribution in [1.82, 2.24) is 9.62 Å². The number of carbonyl (C=O) groups is 2. The predicted molar refractivity (Wildman–Crippen MR) is 92.1 cm³/mol. The molecule has 0 aliphatic carbocycles. The Hall–Kier alpha value is -1.15. The van der Waals surface area contributed by atoms with Gasteiger partial charge in [-0.25, -0.2) is 17.5 Å². The first kappa shape index (κ1) is 20.9. The lowest BCUT2D eigenvalue weighted by Gasteiger charge is -2.31. The maximum atomic E-state index is 12.3.